The maximum Gasteiger partial charge on any atom is 0.259 e. The number of aryl methyl sites for hydroxylation is 2. The number of hydrogen-bond donors (Lipinski definition) is 2. The van der Waals surface area contributed by atoms with Crippen molar-refractivity contribution in [3.8, 4) is 0 Å². The fourth-order valence-electron chi connectivity index (χ4n) is 4.19. The molecule has 1 aromatic heterocycles. The molecule has 35 heavy (non-hydrogen) atoms. The van der Waals surface area contributed by atoms with E-state index in [-0.39, 0.29) is 30.7 Å². The third-order valence-electron chi connectivity index (χ3n) is 6.33. The fraction of sp³-hybridized carbons (Fsp3) is 0.708. The molecule has 0 unspecified atom stereocenters. The number of nitrogens with one attached hydrogen (secondary N) is 1. The number of hydroxylamine groups is 2. The molecule has 0 bridgehead atoms. The SMILES string of the molecule is CCCC[C@H](CN(O)C=O)C(=O)N[C@H](C(=O)N1CCN(C(=O)c2c(C)noc2C)CC1)C(C)(C)C. The molecule has 1 saturated heterocycles. The zero-order chi connectivity index (χ0) is 26.3. The molecule has 2 rings (SSSR count). The Morgan fingerprint density at radius 3 is 2.26 bits per heavy atom. The van der Waals surface area contributed by atoms with Gasteiger partial charge in [-0.05, 0) is 25.7 Å². The number of rotatable bonds is 10. The average molecular weight is 494 g/mol. The van der Waals surface area contributed by atoms with Crippen LogP contribution in [-0.4, -0.2) is 88.1 Å². The molecule has 11 nitrogen and oxygen atoms in total. The van der Waals surface area contributed by atoms with E-state index in [9.17, 15) is 24.4 Å². The van der Waals surface area contributed by atoms with Crippen LogP contribution in [0.1, 0.15) is 68.8 Å². The first-order valence-corrected chi connectivity index (χ1v) is 12.1. The number of nitrogens with zero attached hydrogens (tertiary/aromatic N) is 4. The van der Waals surface area contributed by atoms with Gasteiger partial charge >= 0.3 is 0 Å². The first kappa shape index (κ1) is 28.3. The molecule has 1 aliphatic heterocycles. The Hall–Kier alpha value is -2.95. The summed E-state index contributed by atoms with van der Waals surface area (Å²) >= 11 is 0. The Morgan fingerprint density at radius 2 is 1.77 bits per heavy atom. The summed E-state index contributed by atoms with van der Waals surface area (Å²) in [6.45, 7) is 12.3. The molecule has 2 heterocycles. The van der Waals surface area contributed by atoms with Gasteiger partial charge in [-0.1, -0.05) is 45.7 Å². The second kappa shape index (κ2) is 12.1. The number of amides is 4. The molecule has 2 atom stereocenters. The molecule has 1 aromatic rings. The van der Waals surface area contributed by atoms with Crippen molar-refractivity contribution in [1.82, 2.24) is 25.3 Å². The van der Waals surface area contributed by atoms with Gasteiger partial charge in [-0.3, -0.25) is 24.4 Å². The van der Waals surface area contributed by atoms with Gasteiger partial charge in [0.05, 0.1) is 18.2 Å². The Balaban J connectivity index is 2.08. The predicted molar refractivity (Wildman–Crippen MR) is 127 cm³/mol. The van der Waals surface area contributed by atoms with Gasteiger partial charge in [-0.25, -0.2) is 5.06 Å². The minimum Gasteiger partial charge on any atom is -0.361 e. The molecular formula is C24H39N5O6. The Labute approximate surface area is 206 Å². The van der Waals surface area contributed by atoms with Crippen LogP contribution in [0.2, 0.25) is 0 Å². The van der Waals surface area contributed by atoms with E-state index in [1.54, 1.807) is 23.6 Å². The van der Waals surface area contributed by atoms with Crippen LogP contribution in [0.4, 0.5) is 0 Å². The normalized spacial score (nSPS) is 16.0. The van der Waals surface area contributed by atoms with Crippen molar-refractivity contribution in [2.24, 2.45) is 11.3 Å². The molecule has 196 valence electrons. The van der Waals surface area contributed by atoms with E-state index in [0.717, 1.165) is 12.8 Å². The van der Waals surface area contributed by atoms with Crippen LogP contribution in [0.15, 0.2) is 4.52 Å². The summed E-state index contributed by atoms with van der Waals surface area (Å²) in [5, 5.41) is 16.8. The van der Waals surface area contributed by atoms with Crippen molar-refractivity contribution in [1.29, 1.82) is 0 Å². The number of carbonyl (C=O) groups is 4. The van der Waals surface area contributed by atoms with Crippen molar-refractivity contribution in [3.63, 3.8) is 0 Å². The molecule has 4 amide bonds. The van der Waals surface area contributed by atoms with E-state index in [1.807, 2.05) is 27.7 Å². The lowest BCUT2D eigenvalue weighted by atomic mass is 9.85. The predicted octanol–water partition coefficient (Wildman–Crippen LogP) is 1.76. The van der Waals surface area contributed by atoms with Gasteiger partial charge in [0.15, 0.2) is 0 Å². The number of hydrogen-bond acceptors (Lipinski definition) is 7. The van der Waals surface area contributed by atoms with E-state index in [1.165, 1.54) is 0 Å². The largest absolute Gasteiger partial charge is 0.361 e. The number of aromatic nitrogens is 1. The summed E-state index contributed by atoms with van der Waals surface area (Å²) in [6.07, 6.45) is 2.36. The quantitative estimate of drug-likeness (QED) is 0.288. The topological polar surface area (TPSA) is 136 Å². The number of carbonyl (C=O) groups excluding carboxylic acids is 4. The smallest absolute Gasteiger partial charge is 0.259 e. The van der Waals surface area contributed by atoms with Gasteiger partial charge in [0.1, 0.15) is 17.4 Å². The van der Waals surface area contributed by atoms with Crippen LogP contribution in [0, 0.1) is 25.2 Å². The average Bonchev–Trinajstić information content (AvgIpc) is 3.15. The molecule has 1 fully saturated rings. The highest BCUT2D eigenvalue weighted by Crippen LogP contribution is 2.24. The van der Waals surface area contributed by atoms with Crippen LogP contribution in [0.3, 0.4) is 0 Å². The van der Waals surface area contributed by atoms with Crippen molar-refractivity contribution in [2.45, 2.75) is 66.8 Å². The molecular weight excluding hydrogens is 454 g/mol. The minimum absolute atomic E-state index is 0.136. The maximum atomic E-state index is 13.5. The lowest BCUT2D eigenvalue weighted by Crippen LogP contribution is -2.60. The van der Waals surface area contributed by atoms with Crippen molar-refractivity contribution >= 4 is 24.1 Å². The van der Waals surface area contributed by atoms with Gasteiger partial charge in [-0.15, -0.1) is 0 Å². The zero-order valence-corrected chi connectivity index (χ0v) is 21.7. The standard InChI is InChI=1S/C24H39N5O6/c1-7-8-9-18(14-29(34)15-30)21(31)25-20(24(4,5)6)23(33)28-12-10-27(11-13-28)22(32)19-16(2)26-35-17(19)3/h15,18,20,34H,7-14H2,1-6H3,(H,25,31)/t18-,20-/m1/s1. The van der Waals surface area contributed by atoms with Gasteiger partial charge in [0.2, 0.25) is 18.2 Å². The van der Waals surface area contributed by atoms with Crippen LogP contribution in [0.5, 0.6) is 0 Å². The summed E-state index contributed by atoms with van der Waals surface area (Å²) < 4.78 is 5.11. The lowest BCUT2D eigenvalue weighted by molar-refractivity contribution is -0.155. The van der Waals surface area contributed by atoms with Gasteiger partial charge in [-0.2, -0.15) is 0 Å². The van der Waals surface area contributed by atoms with E-state index in [4.69, 9.17) is 4.52 Å². The highest BCUT2D eigenvalue weighted by atomic mass is 16.5. The lowest BCUT2D eigenvalue weighted by Gasteiger charge is -2.40. The van der Waals surface area contributed by atoms with E-state index < -0.39 is 17.4 Å². The first-order chi connectivity index (χ1) is 16.4. The summed E-state index contributed by atoms with van der Waals surface area (Å²) in [6, 6.07) is -0.799. The van der Waals surface area contributed by atoms with E-state index >= 15 is 0 Å². The third-order valence-corrected chi connectivity index (χ3v) is 6.33. The summed E-state index contributed by atoms with van der Waals surface area (Å²) in [7, 11) is 0. The highest BCUT2D eigenvalue weighted by molar-refractivity contribution is 5.96. The monoisotopic (exact) mass is 493 g/mol. The van der Waals surface area contributed by atoms with Crippen molar-refractivity contribution in [2.75, 3.05) is 32.7 Å². The minimum atomic E-state index is -0.799. The molecule has 0 radical (unpaired) electrons. The van der Waals surface area contributed by atoms with Crippen LogP contribution in [-0.2, 0) is 14.4 Å². The molecule has 0 saturated carbocycles. The number of piperazine rings is 1. The second-order valence-corrected chi connectivity index (χ2v) is 10.2. The molecule has 0 spiro atoms. The van der Waals surface area contributed by atoms with Crippen LogP contribution in [0.25, 0.3) is 0 Å². The van der Waals surface area contributed by atoms with Crippen LogP contribution < -0.4 is 5.32 Å². The summed E-state index contributed by atoms with van der Waals surface area (Å²) in [4.78, 5) is 53.7. The van der Waals surface area contributed by atoms with E-state index in [0.29, 0.717) is 54.7 Å². The van der Waals surface area contributed by atoms with E-state index in [2.05, 4.69) is 10.5 Å². The van der Waals surface area contributed by atoms with Crippen LogP contribution >= 0.6 is 0 Å². The molecule has 11 heteroatoms. The Kier molecular flexibility index (Phi) is 9.82. The Morgan fingerprint density at radius 1 is 1.17 bits per heavy atom. The second-order valence-electron chi connectivity index (χ2n) is 10.2. The first-order valence-electron chi connectivity index (χ1n) is 12.1. The zero-order valence-electron chi connectivity index (χ0n) is 21.7. The maximum absolute atomic E-state index is 13.5. The summed E-state index contributed by atoms with van der Waals surface area (Å²) in [5.74, 6) is -0.931. The molecule has 1 aliphatic rings. The highest BCUT2D eigenvalue weighted by Gasteiger charge is 2.38. The van der Waals surface area contributed by atoms with Gasteiger partial charge in [0, 0.05) is 26.2 Å². The summed E-state index contributed by atoms with van der Waals surface area (Å²) in [5.41, 5.74) is 0.418. The van der Waals surface area contributed by atoms with Crippen molar-refractivity contribution in [3.05, 3.63) is 17.0 Å². The van der Waals surface area contributed by atoms with Crippen molar-refractivity contribution < 1.29 is 28.9 Å². The Bertz CT molecular complexity index is 881. The fourth-order valence-corrected chi connectivity index (χ4v) is 4.19. The number of unbranched alkanes of at least 4 members (excludes halogenated alkanes) is 1. The third kappa shape index (κ3) is 7.27. The molecule has 2 N–H and O–H groups in total. The molecule has 0 aromatic carbocycles. The van der Waals surface area contributed by atoms with Gasteiger partial charge in [0.25, 0.3) is 5.91 Å². The molecule has 0 aliphatic carbocycles. The van der Waals surface area contributed by atoms with Gasteiger partial charge < -0.3 is 19.6 Å².